The first-order chi connectivity index (χ1) is 9.42. The van der Waals surface area contributed by atoms with Crippen LogP contribution in [-0.2, 0) is 0 Å². The predicted octanol–water partition coefficient (Wildman–Crippen LogP) is 2.75. The quantitative estimate of drug-likeness (QED) is 0.775. The molecule has 0 fully saturated rings. The molecule has 19 heavy (non-hydrogen) atoms. The van der Waals surface area contributed by atoms with Crippen molar-refractivity contribution in [3.8, 4) is 10.7 Å². The molecule has 0 spiro atoms. The minimum atomic E-state index is 0.130. The third-order valence-corrected chi connectivity index (χ3v) is 3.99. The van der Waals surface area contributed by atoms with Crippen LogP contribution in [0, 0.1) is 0 Å². The van der Waals surface area contributed by atoms with Gasteiger partial charge in [0.2, 0.25) is 11.7 Å². The lowest BCUT2D eigenvalue weighted by atomic mass is 10.0. The molecule has 3 aromatic rings. The van der Waals surface area contributed by atoms with Gasteiger partial charge in [-0.1, -0.05) is 23.4 Å². The Balaban J connectivity index is 1.71. The van der Waals surface area contributed by atoms with E-state index < -0.39 is 0 Å². The van der Waals surface area contributed by atoms with Crippen LogP contribution in [0.3, 0.4) is 0 Å². The zero-order chi connectivity index (χ0) is 12.7. The standard InChI is InChI=1S/C13H10N4OS/c1-2-4-10-8(3-1)9(5-15-10)13-16-12(17-18-13)11-6-14-7-19-11/h1-4,6-7,9,15H,5H2. The Morgan fingerprint density at radius 1 is 1.32 bits per heavy atom. The molecule has 0 saturated heterocycles. The van der Waals surface area contributed by atoms with E-state index in [-0.39, 0.29) is 5.92 Å². The van der Waals surface area contributed by atoms with Gasteiger partial charge in [-0.2, -0.15) is 4.98 Å². The van der Waals surface area contributed by atoms with Crippen molar-refractivity contribution in [3.05, 3.63) is 47.4 Å². The van der Waals surface area contributed by atoms with Crippen molar-refractivity contribution in [2.45, 2.75) is 5.92 Å². The second-order valence-corrected chi connectivity index (χ2v) is 5.23. The number of para-hydroxylation sites is 1. The summed E-state index contributed by atoms with van der Waals surface area (Å²) in [5.41, 5.74) is 4.12. The van der Waals surface area contributed by atoms with Gasteiger partial charge in [-0.3, -0.25) is 4.98 Å². The molecule has 3 heterocycles. The Bertz CT molecular complexity index is 707. The summed E-state index contributed by atoms with van der Waals surface area (Å²) in [6.45, 7) is 0.795. The largest absolute Gasteiger partial charge is 0.384 e. The van der Waals surface area contributed by atoms with Gasteiger partial charge in [0.05, 0.1) is 16.3 Å². The van der Waals surface area contributed by atoms with E-state index in [1.807, 2.05) is 12.1 Å². The molecule has 0 radical (unpaired) electrons. The fourth-order valence-electron chi connectivity index (χ4n) is 2.31. The van der Waals surface area contributed by atoms with E-state index in [0.717, 1.165) is 17.1 Å². The van der Waals surface area contributed by atoms with Gasteiger partial charge in [-0.15, -0.1) is 11.3 Å². The van der Waals surface area contributed by atoms with Crippen LogP contribution in [0.15, 0.2) is 40.5 Å². The number of benzene rings is 1. The van der Waals surface area contributed by atoms with Crippen LogP contribution in [0.2, 0.25) is 0 Å². The smallest absolute Gasteiger partial charge is 0.236 e. The van der Waals surface area contributed by atoms with Crippen molar-refractivity contribution in [3.63, 3.8) is 0 Å². The van der Waals surface area contributed by atoms with Gasteiger partial charge in [0.25, 0.3) is 0 Å². The van der Waals surface area contributed by atoms with Gasteiger partial charge in [0.15, 0.2) is 0 Å². The Kier molecular flexibility index (Phi) is 2.34. The number of hydrogen-bond donors (Lipinski definition) is 1. The van der Waals surface area contributed by atoms with Gasteiger partial charge in [0.1, 0.15) is 0 Å². The molecular formula is C13H10N4OS. The molecule has 1 aliphatic rings. The zero-order valence-corrected chi connectivity index (χ0v) is 10.7. The molecule has 1 aromatic carbocycles. The lowest BCUT2D eigenvalue weighted by Gasteiger charge is -2.02. The van der Waals surface area contributed by atoms with Gasteiger partial charge < -0.3 is 9.84 Å². The Hall–Kier alpha value is -2.21. The normalized spacial score (nSPS) is 17.2. The van der Waals surface area contributed by atoms with Crippen LogP contribution in [0.25, 0.3) is 10.7 Å². The molecular weight excluding hydrogens is 260 g/mol. The highest BCUT2D eigenvalue weighted by molar-refractivity contribution is 7.13. The van der Waals surface area contributed by atoms with Crippen LogP contribution in [-0.4, -0.2) is 21.7 Å². The SMILES string of the molecule is c1ccc2c(c1)NCC2c1nc(-c2cncs2)no1. The molecule has 94 valence electrons. The van der Waals surface area contributed by atoms with E-state index in [2.05, 4.69) is 32.6 Å². The lowest BCUT2D eigenvalue weighted by Crippen LogP contribution is -2.03. The van der Waals surface area contributed by atoms with Gasteiger partial charge in [0, 0.05) is 18.4 Å². The molecule has 1 unspecified atom stereocenters. The number of thiazole rings is 1. The molecule has 4 rings (SSSR count). The minimum Gasteiger partial charge on any atom is -0.384 e. The summed E-state index contributed by atoms with van der Waals surface area (Å²) in [6.07, 6.45) is 1.75. The van der Waals surface area contributed by atoms with Gasteiger partial charge in [-0.05, 0) is 11.6 Å². The number of hydrogen-bond acceptors (Lipinski definition) is 6. The topological polar surface area (TPSA) is 63.8 Å². The zero-order valence-electron chi connectivity index (χ0n) is 9.91. The number of anilines is 1. The average molecular weight is 270 g/mol. The summed E-state index contributed by atoms with van der Waals surface area (Å²) < 4.78 is 5.41. The summed E-state index contributed by atoms with van der Waals surface area (Å²) in [7, 11) is 0. The van der Waals surface area contributed by atoms with Crippen LogP contribution >= 0.6 is 11.3 Å². The lowest BCUT2D eigenvalue weighted by molar-refractivity contribution is 0.371. The van der Waals surface area contributed by atoms with E-state index in [1.54, 1.807) is 11.7 Å². The Labute approximate surface area is 113 Å². The fourth-order valence-corrected chi connectivity index (χ4v) is 2.85. The number of fused-ring (bicyclic) bond motifs is 1. The summed E-state index contributed by atoms with van der Waals surface area (Å²) in [5.74, 6) is 1.40. The van der Waals surface area contributed by atoms with Crippen molar-refractivity contribution >= 4 is 17.0 Å². The maximum absolute atomic E-state index is 5.41. The van der Waals surface area contributed by atoms with E-state index in [1.165, 1.54) is 16.9 Å². The molecule has 1 atom stereocenters. The van der Waals surface area contributed by atoms with Crippen molar-refractivity contribution in [1.82, 2.24) is 15.1 Å². The second kappa shape index (κ2) is 4.17. The molecule has 1 N–H and O–H groups in total. The van der Waals surface area contributed by atoms with E-state index in [0.29, 0.717) is 11.7 Å². The number of rotatable bonds is 2. The molecule has 0 saturated carbocycles. The van der Waals surface area contributed by atoms with Gasteiger partial charge in [-0.25, -0.2) is 0 Å². The van der Waals surface area contributed by atoms with Crippen LogP contribution in [0.5, 0.6) is 0 Å². The molecule has 1 aliphatic heterocycles. The summed E-state index contributed by atoms with van der Waals surface area (Å²) >= 11 is 1.51. The van der Waals surface area contributed by atoms with Gasteiger partial charge >= 0.3 is 0 Å². The maximum atomic E-state index is 5.41. The minimum absolute atomic E-state index is 0.130. The second-order valence-electron chi connectivity index (χ2n) is 4.34. The molecule has 2 aromatic heterocycles. The third kappa shape index (κ3) is 1.72. The Morgan fingerprint density at radius 2 is 2.26 bits per heavy atom. The highest BCUT2D eigenvalue weighted by atomic mass is 32.1. The van der Waals surface area contributed by atoms with Crippen LogP contribution in [0.1, 0.15) is 17.4 Å². The predicted molar refractivity (Wildman–Crippen MR) is 72.2 cm³/mol. The van der Waals surface area contributed by atoms with Crippen LogP contribution in [0.4, 0.5) is 5.69 Å². The van der Waals surface area contributed by atoms with E-state index >= 15 is 0 Å². The van der Waals surface area contributed by atoms with Crippen LogP contribution < -0.4 is 5.32 Å². The summed E-state index contributed by atoms with van der Waals surface area (Å²) in [6, 6.07) is 8.20. The van der Waals surface area contributed by atoms with Crippen molar-refractivity contribution in [1.29, 1.82) is 0 Å². The average Bonchev–Trinajstić information content (AvgIpc) is 3.18. The molecule has 0 bridgehead atoms. The third-order valence-electron chi connectivity index (χ3n) is 3.23. The maximum Gasteiger partial charge on any atom is 0.236 e. The fraction of sp³-hybridized carbons (Fsp3) is 0.154. The molecule has 5 nitrogen and oxygen atoms in total. The molecule has 0 aliphatic carbocycles. The first kappa shape index (κ1) is 10.7. The number of nitrogens with zero attached hydrogens (tertiary/aromatic N) is 3. The molecule has 6 heteroatoms. The Morgan fingerprint density at radius 3 is 3.16 bits per heavy atom. The first-order valence-electron chi connectivity index (χ1n) is 5.97. The monoisotopic (exact) mass is 270 g/mol. The first-order valence-corrected chi connectivity index (χ1v) is 6.85. The van der Waals surface area contributed by atoms with Crippen molar-refractivity contribution < 1.29 is 4.52 Å². The summed E-state index contributed by atoms with van der Waals surface area (Å²) in [4.78, 5) is 9.44. The highest BCUT2D eigenvalue weighted by Gasteiger charge is 2.28. The van der Waals surface area contributed by atoms with E-state index in [9.17, 15) is 0 Å². The number of nitrogens with one attached hydrogen (secondary N) is 1. The number of aromatic nitrogens is 3. The van der Waals surface area contributed by atoms with Crippen molar-refractivity contribution in [2.24, 2.45) is 0 Å². The van der Waals surface area contributed by atoms with E-state index in [4.69, 9.17) is 4.52 Å². The summed E-state index contributed by atoms with van der Waals surface area (Å²) in [5, 5.41) is 7.39. The molecule has 0 amide bonds. The van der Waals surface area contributed by atoms with Crippen molar-refractivity contribution in [2.75, 3.05) is 11.9 Å². The highest BCUT2D eigenvalue weighted by Crippen LogP contribution is 2.35.